The van der Waals surface area contributed by atoms with Gasteiger partial charge < -0.3 is 4.42 Å². The number of fused-ring (bicyclic) bond motifs is 4. The molecule has 0 bridgehead atoms. The van der Waals surface area contributed by atoms with Crippen molar-refractivity contribution in [2.24, 2.45) is 0 Å². The molecular formula is C50H32N2O. The average Bonchev–Trinajstić information content (AvgIpc) is 3.62. The molecular weight excluding hydrogens is 645 g/mol. The van der Waals surface area contributed by atoms with Crippen LogP contribution in [0.4, 0.5) is 0 Å². The Labute approximate surface area is 307 Å². The summed E-state index contributed by atoms with van der Waals surface area (Å²) in [4.78, 5) is 10.4. The van der Waals surface area contributed by atoms with Crippen LogP contribution in [-0.2, 0) is 0 Å². The second-order valence-corrected chi connectivity index (χ2v) is 13.4. The summed E-state index contributed by atoms with van der Waals surface area (Å²) < 4.78 is 6.34. The molecule has 3 nitrogen and oxygen atoms in total. The molecule has 0 atom stereocenters. The Morgan fingerprint density at radius 3 is 1.58 bits per heavy atom. The molecule has 0 amide bonds. The summed E-state index contributed by atoms with van der Waals surface area (Å²) in [7, 11) is 0. The van der Waals surface area contributed by atoms with Crippen LogP contribution in [0.25, 0.3) is 100.0 Å². The van der Waals surface area contributed by atoms with Crippen LogP contribution in [0.2, 0.25) is 0 Å². The minimum atomic E-state index is 0.683. The summed E-state index contributed by atoms with van der Waals surface area (Å²) in [6, 6.07) is 68.2. The highest BCUT2D eigenvalue weighted by Gasteiger charge is 2.15. The molecule has 0 aliphatic carbocycles. The maximum atomic E-state index is 6.34. The molecule has 0 aliphatic rings. The van der Waals surface area contributed by atoms with Crippen molar-refractivity contribution in [3.63, 3.8) is 0 Å². The highest BCUT2D eigenvalue weighted by atomic mass is 16.3. The Morgan fingerprint density at radius 2 is 0.811 bits per heavy atom. The van der Waals surface area contributed by atoms with E-state index >= 15 is 0 Å². The number of nitrogens with zero attached hydrogens (tertiary/aromatic N) is 2. The van der Waals surface area contributed by atoms with Gasteiger partial charge in [-0.05, 0) is 92.7 Å². The second-order valence-electron chi connectivity index (χ2n) is 13.4. The molecule has 0 saturated heterocycles. The van der Waals surface area contributed by atoms with Gasteiger partial charge in [0.2, 0.25) is 0 Å². The molecule has 248 valence electrons. The molecule has 10 aromatic rings. The minimum absolute atomic E-state index is 0.683. The van der Waals surface area contributed by atoms with E-state index in [0.717, 1.165) is 77.8 Å². The molecule has 0 aliphatic heterocycles. The van der Waals surface area contributed by atoms with E-state index in [1.807, 2.05) is 24.3 Å². The van der Waals surface area contributed by atoms with Gasteiger partial charge in [-0.3, -0.25) is 0 Å². The largest absolute Gasteiger partial charge is 0.456 e. The Bertz CT molecular complexity index is 2930. The molecule has 2 heterocycles. The van der Waals surface area contributed by atoms with E-state index in [1.165, 1.54) is 16.3 Å². The lowest BCUT2D eigenvalue weighted by atomic mass is 9.93. The van der Waals surface area contributed by atoms with Gasteiger partial charge >= 0.3 is 0 Å². The van der Waals surface area contributed by atoms with E-state index < -0.39 is 0 Å². The van der Waals surface area contributed by atoms with Crippen LogP contribution in [-0.4, -0.2) is 9.97 Å². The smallest absolute Gasteiger partial charge is 0.160 e. The van der Waals surface area contributed by atoms with Crippen molar-refractivity contribution in [1.29, 1.82) is 0 Å². The molecule has 0 spiro atoms. The lowest BCUT2D eigenvalue weighted by Gasteiger charge is -2.14. The molecule has 10 rings (SSSR count). The Kier molecular flexibility index (Phi) is 7.47. The zero-order valence-electron chi connectivity index (χ0n) is 28.8. The first-order chi connectivity index (χ1) is 26.2. The number of para-hydroxylation sites is 1. The molecule has 0 unspecified atom stereocenters. The third kappa shape index (κ3) is 5.85. The first-order valence-corrected chi connectivity index (χ1v) is 17.9. The molecule has 0 saturated carbocycles. The van der Waals surface area contributed by atoms with Crippen molar-refractivity contribution >= 4 is 32.7 Å². The number of hydrogen-bond acceptors (Lipinski definition) is 3. The lowest BCUT2D eigenvalue weighted by molar-refractivity contribution is 0.669. The van der Waals surface area contributed by atoms with E-state index in [0.29, 0.717) is 5.82 Å². The number of aromatic nitrogens is 2. The molecule has 0 N–H and O–H groups in total. The standard InChI is InChI=1S/C50H32N2O/c1-3-11-33(12-4-1)35-19-22-37(23-20-35)50-51-46(36-14-5-2-6-15-36)32-47(52-50)43-29-41(39-24-21-34-13-7-8-16-38(34)27-39)28-42(30-43)40-25-26-45-44-17-9-10-18-48(44)53-49(45)31-40/h1-32H. The summed E-state index contributed by atoms with van der Waals surface area (Å²) in [6.45, 7) is 0. The SMILES string of the molecule is c1ccc(-c2ccc(-c3nc(-c4ccccc4)cc(-c4cc(-c5ccc6ccccc6c5)cc(-c5ccc6c(c5)oc5ccccc56)c4)n3)cc2)cc1. The molecule has 8 aromatic carbocycles. The van der Waals surface area contributed by atoms with Crippen LogP contribution in [0.3, 0.4) is 0 Å². The molecule has 0 radical (unpaired) electrons. The quantitative estimate of drug-likeness (QED) is 0.176. The van der Waals surface area contributed by atoms with Crippen LogP contribution in [0.15, 0.2) is 199 Å². The van der Waals surface area contributed by atoms with Crippen molar-refractivity contribution in [2.45, 2.75) is 0 Å². The number of hydrogen-bond donors (Lipinski definition) is 0. The fraction of sp³-hybridized carbons (Fsp3) is 0. The van der Waals surface area contributed by atoms with Gasteiger partial charge in [-0.15, -0.1) is 0 Å². The van der Waals surface area contributed by atoms with Gasteiger partial charge in [0.1, 0.15) is 11.2 Å². The second kappa shape index (κ2) is 12.9. The van der Waals surface area contributed by atoms with Gasteiger partial charge in [0.25, 0.3) is 0 Å². The van der Waals surface area contributed by atoms with Gasteiger partial charge in [-0.1, -0.05) is 146 Å². The van der Waals surface area contributed by atoms with Gasteiger partial charge in [-0.25, -0.2) is 9.97 Å². The number of rotatable bonds is 6. The Balaban J connectivity index is 1.16. The van der Waals surface area contributed by atoms with E-state index in [1.54, 1.807) is 0 Å². The van der Waals surface area contributed by atoms with Crippen molar-refractivity contribution < 1.29 is 4.42 Å². The average molecular weight is 677 g/mol. The van der Waals surface area contributed by atoms with E-state index in [2.05, 4.69) is 170 Å². The predicted octanol–water partition coefficient (Wildman–Crippen LogP) is 13.5. The summed E-state index contributed by atoms with van der Waals surface area (Å²) in [5, 5.41) is 4.66. The van der Waals surface area contributed by atoms with E-state index in [-0.39, 0.29) is 0 Å². The van der Waals surface area contributed by atoms with Crippen molar-refractivity contribution in [1.82, 2.24) is 9.97 Å². The minimum Gasteiger partial charge on any atom is -0.456 e. The van der Waals surface area contributed by atoms with Crippen molar-refractivity contribution in [3.05, 3.63) is 194 Å². The third-order valence-electron chi connectivity index (χ3n) is 10.1. The summed E-state index contributed by atoms with van der Waals surface area (Å²) in [5.41, 5.74) is 13.3. The van der Waals surface area contributed by atoms with Gasteiger partial charge in [-0.2, -0.15) is 0 Å². The topological polar surface area (TPSA) is 38.9 Å². The molecule has 3 heteroatoms. The maximum Gasteiger partial charge on any atom is 0.160 e. The first kappa shape index (κ1) is 30.7. The van der Waals surface area contributed by atoms with Crippen LogP contribution < -0.4 is 0 Å². The van der Waals surface area contributed by atoms with E-state index in [4.69, 9.17) is 14.4 Å². The van der Waals surface area contributed by atoms with Crippen molar-refractivity contribution in [2.75, 3.05) is 0 Å². The summed E-state index contributed by atoms with van der Waals surface area (Å²) >= 11 is 0. The summed E-state index contributed by atoms with van der Waals surface area (Å²) in [5.74, 6) is 0.683. The predicted molar refractivity (Wildman–Crippen MR) is 219 cm³/mol. The normalized spacial score (nSPS) is 11.4. The zero-order chi connectivity index (χ0) is 35.1. The Morgan fingerprint density at radius 1 is 0.283 bits per heavy atom. The van der Waals surface area contributed by atoms with Gasteiger partial charge in [0.15, 0.2) is 5.82 Å². The number of furan rings is 1. The van der Waals surface area contributed by atoms with Crippen LogP contribution >= 0.6 is 0 Å². The van der Waals surface area contributed by atoms with Crippen molar-refractivity contribution in [3.8, 4) is 67.3 Å². The fourth-order valence-corrected chi connectivity index (χ4v) is 7.31. The highest BCUT2D eigenvalue weighted by molar-refractivity contribution is 6.06. The van der Waals surface area contributed by atoms with Gasteiger partial charge in [0, 0.05) is 27.5 Å². The maximum absolute atomic E-state index is 6.34. The lowest BCUT2D eigenvalue weighted by Crippen LogP contribution is -1.96. The monoisotopic (exact) mass is 676 g/mol. The Hall–Kier alpha value is -7.10. The van der Waals surface area contributed by atoms with E-state index in [9.17, 15) is 0 Å². The highest BCUT2D eigenvalue weighted by Crippen LogP contribution is 2.38. The summed E-state index contributed by atoms with van der Waals surface area (Å²) in [6.07, 6.45) is 0. The zero-order valence-corrected chi connectivity index (χ0v) is 28.8. The van der Waals surface area contributed by atoms with Crippen LogP contribution in [0, 0.1) is 0 Å². The van der Waals surface area contributed by atoms with Crippen LogP contribution in [0.1, 0.15) is 0 Å². The first-order valence-electron chi connectivity index (χ1n) is 17.9. The molecule has 2 aromatic heterocycles. The fourth-order valence-electron chi connectivity index (χ4n) is 7.31. The molecule has 53 heavy (non-hydrogen) atoms. The molecule has 0 fully saturated rings. The third-order valence-corrected chi connectivity index (χ3v) is 10.1. The number of benzene rings is 8. The van der Waals surface area contributed by atoms with Crippen LogP contribution in [0.5, 0.6) is 0 Å². The van der Waals surface area contributed by atoms with Gasteiger partial charge in [0.05, 0.1) is 11.4 Å².